The highest BCUT2D eigenvalue weighted by Crippen LogP contribution is 2.19. The third-order valence-electron chi connectivity index (χ3n) is 3.94. The number of hydrogen-bond donors (Lipinski definition) is 1. The van der Waals surface area contributed by atoms with Gasteiger partial charge in [-0.25, -0.2) is 0 Å². The first-order chi connectivity index (χ1) is 13.2. The number of benzene rings is 2. The molecular weight excluding hydrogens is 362 g/mol. The lowest BCUT2D eigenvalue weighted by Gasteiger charge is -2.05. The van der Waals surface area contributed by atoms with Gasteiger partial charge < -0.3 is 14.5 Å². The first-order valence-electron chi connectivity index (χ1n) is 8.63. The van der Waals surface area contributed by atoms with Crippen molar-refractivity contribution in [2.24, 2.45) is 0 Å². The molecule has 0 saturated heterocycles. The van der Waals surface area contributed by atoms with Gasteiger partial charge in [-0.05, 0) is 41.8 Å². The van der Waals surface area contributed by atoms with E-state index in [-0.39, 0.29) is 11.7 Å². The Morgan fingerprint density at radius 3 is 2.44 bits per heavy atom. The molecule has 0 bridgehead atoms. The van der Waals surface area contributed by atoms with E-state index in [2.05, 4.69) is 46.7 Å². The molecule has 1 aromatic heterocycles. The van der Waals surface area contributed by atoms with E-state index in [1.807, 2.05) is 0 Å². The summed E-state index contributed by atoms with van der Waals surface area (Å²) in [6.07, 6.45) is 1.59. The van der Waals surface area contributed by atoms with Crippen molar-refractivity contribution in [1.29, 1.82) is 0 Å². The summed E-state index contributed by atoms with van der Waals surface area (Å²) in [6.45, 7) is 2.13. The Morgan fingerprint density at radius 2 is 1.78 bits per heavy atom. The highest BCUT2D eigenvalue weighted by atomic mass is 32.2. The zero-order valence-corrected chi connectivity index (χ0v) is 16.1. The van der Waals surface area contributed by atoms with Crippen molar-refractivity contribution in [1.82, 2.24) is 10.2 Å². The van der Waals surface area contributed by atoms with Crippen molar-refractivity contribution in [2.75, 3.05) is 18.2 Å². The number of anilines is 1. The third kappa shape index (κ3) is 5.59. The molecule has 2 aromatic carbocycles. The van der Waals surface area contributed by atoms with Crippen LogP contribution in [0.3, 0.4) is 0 Å². The lowest BCUT2D eigenvalue weighted by Crippen LogP contribution is -2.13. The van der Waals surface area contributed by atoms with Crippen LogP contribution >= 0.6 is 11.8 Å². The SMILES string of the molecule is CCc1ccc(Cc2nnc(SCC(=O)Nc3ccc(OC)cc3)o2)cc1. The molecule has 140 valence electrons. The van der Waals surface area contributed by atoms with E-state index in [4.69, 9.17) is 9.15 Å². The van der Waals surface area contributed by atoms with Crippen molar-refractivity contribution < 1.29 is 13.9 Å². The maximum atomic E-state index is 12.0. The smallest absolute Gasteiger partial charge is 0.277 e. The van der Waals surface area contributed by atoms with Gasteiger partial charge in [0.1, 0.15) is 5.75 Å². The Balaban J connectivity index is 1.48. The standard InChI is InChI=1S/C20H21N3O3S/c1-3-14-4-6-15(7-5-14)12-19-22-23-20(26-19)27-13-18(24)21-16-8-10-17(25-2)11-9-16/h4-11H,3,12-13H2,1-2H3,(H,21,24). The average Bonchev–Trinajstić information content (AvgIpc) is 3.15. The number of amides is 1. The summed E-state index contributed by atoms with van der Waals surface area (Å²) in [6, 6.07) is 15.5. The first-order valence-corrected chi connectivity index (χ1v) is 9.61. The lowest BCUT2D eigenvalue weighted by atomic mass is 10.1. The van der Waals surface area contributed by atoms with Crippen LogP contribution in [0.4, 0.5) is 5.69 Å². The van der Waals surface area contributed by atoms with E-state index in [0.717, 1.165) is 17.7 Å². The first kappa shape index (κ1) is 19.0. The van der Waals surface area contributed by atoms with Gasteiger partial charge in [0.2, 0.25) is 11.8 Å². The van der Waals surface area contributed by atoms with Crippen molar-refractivity contribution in [3.63, 3.8) is 0 Å². The second-order valence-corrected chi connectivity index (χ2v) is 6.80. The molecular formula is C20H21N3O3S. The Bertz CT molecular complexity index is 876. The normalized spacial score (nSPS) is 10.6. The van der Waals surface area contributed by atoms with Crippen LogP contribution in [0, 0.1) is 0 Å². The van der Waals surface area contributed by atoms with Gasteiger partial charge in [0.25, 0.3) is 5.22 Å². The van der Waals surface area contributed by atoms with Crippen molar-refractivity contribution >= 4 is 23.4 Å². The number of aryl methyl sites for hydroxylation is 1. The van der Waals surface area contributed by atoms with Gasteiger partial charge in [0.05, 0.1) is 19.3 Å². The molecule has 0 atom stereocenters. The van der Waals surface area contributed by atoms with Gasteiger partial charge in [-0.15, -0.1) is 10.2 Å². The predicted molar refractivity (Wildman–Crippen MR) is 105 cm³/mol. The minimum absolute atomic E-state index is 0.139. The van der Waals surface area contributed by atoms with Crippen LogP contribution in [0.2, 0.25) is 0 Å². The molecule has 27 heavy (non-hydrogen) atoms. The number of nitrogens with one attached hydrogen (secondary N) is 1. The molecule has 0 saturated carbocycles. The van der Waals surface area contributed by atoms with Crippen molar-refractivity contribution in [3.05, 3.63) is 65.5 Å². The second-order valence-electron chi connectivity index (χ2n) is 5.87. The Morgan fingerprint density at radius 1 is 1.07 bits per heavy atom. The monoisotopic (exact) mass is 383 g/mol. The summed E-state index contributed by atoms with van der Waals surface area (Å²) in [5.74, 6) is 1.33. The average molecular weight is 383 g/mol. The zero-order chi connectivity index (χ0) is 19.1. The third-order valence-corrected chi connectivity index (χ3v) is 4.75. The maximum Gasteiger partial charge on any atom is 0.277 e. The van der Waals surface area contributed by atoms with Crippen LogP contribution in [0.1, 0.15) is 23.9 Å². The summed E-state index contributed by atoms with van der Waals surface area (Å²) in [7, 11) is 1.60. The lowest BCUT2D eigenvalue weighted by molar-refractivity contribution is -0.113. The molecule has 0 aliphatic rings. The van der Waals surface area contributed by atoms with Gasteiger partial charge in [-0.2, -0.15) is 0 Å². The number of rotatable bonds is 8. The molecule has 0 unspecified atom stereocenters. The van der Waals surface area contributed by atoms with Crippen LogP contribution in [0.15, 0.2) is 58.2 Å². The van der Waals surface area contributed by atoms with Gasteiger partial charge >= 0.3 is 0 Å². The number of carbonyl (C=O) groups excluding carboxylic acids is 1. The van der Waals surface area contributed by atoms with E-state index in [9.17, 15) is 4.79 Å². The summed E-state index contributed by atoms with van der Waals surface area (Å²) >= 11 is 1.22. The van der Waals surface area contributed by atoms with Gasteiger partial charge in [0, 0.05) is 5.69 Å². The van der Waals surface area contributed by atoms with Gasteiger partial charge in [0.15, 0.2) is 0 Å². The number of hydrogen-bond acceptors (Lipinski definition) is 6. The molecule has 1 amide bonds. The molecule has 3 rings (SSSR count). The van der Waals surface area contributed by atoms with Crippen LogP contribution < -0.4 is 10.1 Å². The fourth-order valence-corrected chi connectivity index (χ4v) is 3.01. The summed E-state index contributed by atoms with van der Waals surface area (Å²) in [5, 5.41) is 11.3. The van der Waals surface area contributed by atoms with Crippen LogP contribution in [-0.2, 0) is 17.6 Å². The van der Waals surface area contributed by atoms with Crippen molar-refractivity contribution in [3.8, 4) is 5.75 Å². The van der Waals surface area contributed by atoms with Gasteiger partial charge in [-0.1, -0.05) is 43.0 Å². The Hall–Kier alpha value is -2.80. The van der Waals surface area contributed by atoms with E-state index in [0.29, 0.717) is 23.2 Å². The number of nitrogens with zero attached hydrogens (tertiary/aromatic N) is 2. The molecule has 0 radical (unpaired) electrons. The topological polar surface area (TPSA) is 77.2 Å². The number of methoxy groups -OCH3 is 1. The van der Waals surface area contributed by atoms with Crippen molar-refractivity contribution in [2.45, 2.75) is 25.0 Å². The van der Waals surface area contributed by atoms with Gasteiger partial charge in [-0.3, -0.25) is 4.79 Å². The van der Waals surface area contributed by atoms with E-state index in [1.54, 1.807) is 31.4 Å². The molecule has 0 aliphatic heterocycles. The van der Waals surface area contributed by atoms with E-state index < -0.39 is 0 Å². The zero-order valence-electron chi connectivity index (χ0n) is 15.3. The molecule has 0 aliphatic carbocycles. The molecule has 1 heterocycles. The Kier molecular flexibility index (Phi) is 6.49. The second kappa shape index (κ2) is 9.23. The fraction of sp³-hybridized carbons (Fsp3) is 0.250. The van der Waals surface area contributed by atoms with E-state index >= 15 is 0 Å². The van der Waals surface area contributed by atoms with E-state index in [1.165, 1.54) is 17.3 Å². The fourth-order valence-electron chi connectivity index (χ4n) is 2.43. The number of aromatic nitrogens is 2. The summed E-state index contributed by atoms with van der Waals surface area (Å²) < 4.78 is 10.7. The molecule has 0 spiro atoms. The summed E-state index contributed by atoms with van der Waals surface area (Å²) in [5.41, 5.74) is 3.12. The molecule has 1 N–H and O–H groups in total. The van der Waals surface area contributed by atoms with Crippen LogP contribution in [-0.4, -0.2) is 29.0 Å². The molecule has 7 heteroatoms. The largest absolute Gasteiger partial charge is 0.497 e. The Labute approximate surface area is 162 Å². The molecule has 6 nitrogen and oxygen atoms in total. The molecule has 0 fully saturated rings. The number of ether oxygens (including phenoxy) is 1. The molecule has 3 aromatic rings. The minimum atomic E-state index is -0.139. The quantitative estimate of drug-likeness (QED) is 0.593. The van der Waals surface area contributed by atoms with Crippen LogP contribution in [0.5, 0.6) is 5.75 Å². The summed E-state index contributed by atoms with van der Waals surface area (Å²) in [4.78, 5) is 12.0. The number of thioether (sulfide) groups is 1. The van der Waals surface area contributed by atoms with Crippen LogP contribution in [0.25, 0.3) is 0 Å². The minimum Gasteiger partial charge on any atom is -0.497 e. The predicted octanol–water partition coefficient (Wildman–Crippen LogP) is 3.96. The maximum absolute atomic E-state index is 12.0. The highest BCUT2D eigenvalue weighted by molar-refractivity contribution is 7.99. The number of carbonyl (C=O) groups is 1. The highest BCUT2D eigenvalue weighted by Gasteiger charge is 2.11.